The number of hydrogen-bond acceptors (Lipinski definition) is 5. The van der Waals surface area contributed by atoms with E-state index in [1.165, 1.54) is 5.56 Å². The van der Waals surface area contributed by atoms with Crippen molar-refractivity contribution in [1.82, 2.24) is 9.55 Å². The summed E-state index contributed by atoms with van der Waals surface area (Å²) in [5, 5.41) is 29.4. The fourth-order valence-electron chi connectivity index (χ4n) is 3.27. The third-order valence-electron chi connectivity index (χ3n) is 4.75. The molecule has 1 fully saturated rings. The Bertz CT molecular complexity index is 890. The van der Waals surface area contributed by atoms with Crippen LogP contribution in [0.4, 0.5) is 0 Å². The number of imidazole rings is 1. The van der Waals surface area contributed by atoms with Gasteiger partial charge in [0.25, 0.3) is 0 Å². The first-order chi connectivity index (χ1) is 12.1. The molecular formula is C19H20N2O4. The third-order valence-corrected chi connectivity index (χ3v) is 4.75. The topological polar surface area (TPSA) is 87.7 Å². The zero-order valence-corrected chi connectivity index (χ0v) is 13.8. The highest BCUT2D eigenvalue weighted by molar-refractivity contribution is 5.82. The highest BCUT2D eigenvalue weighted by Crippen LogP contribution is 2.32. The molecule has 2 heterocycles. The monoisotopic (exact) mass is 340 g/mol. The van der Waals surface area contributed by atoms with Crippen LogP contribution in [-0.2, 0) is 4.74 Å². The summed E-state index contributed by atoms with van der Waals surface area (Å²) in [6.07, 6.45) is -2.23. The SMILES string of the molecule is Cc1ccc(-c2ccc3c(c2)ncn3[C@@H]2O[C@H](CO)[C@@H](O)[C@H]2O)cc1. The Morgan fingerprint density at radius 3 is 2.44 bits per heavy atom. The van der Waals surface area contributed by atoms with E-state index in [1.807, 2.05) is 18.2 Å². The summed E-state index contributed by atoms with van der Waals surface area (Å²) in [6.45, 7) is 1.70. The molecule has 0 saturated carbocycles. The van der Waals surface area contributed by atoms with Crippen LogP contribution in [0.1, 0.15) is 11.8 Å². The average molecular weight is 340 g/mol. The van der Waals surface area contributed by atoms with Crippen molar-refractivity contribution in [1.29, 1.82) is 0 Å². The van der Waals surface area contributed by atoms with Gasteiger partial charge in [-0.3, -0.25) is 0 Å². The van der Waals surface area contributed by atoms with E-state index in [2.05, 4.69) is 36.2 Å². The molecule has 0 aliphatic carbocycles. The number of rotatable bonds is 3. The largest absolute Gasteiger partial charge is 0.394 e. The van der Waals surface area contributed by atoms with Gasteiger partial charge in [0, 0.05) is 0 Å². The number of aliphatic hydroxyl groups is 3. The van der Waals surface area contributed by atoms with Crippen LogP contribution < -0.4 is 0 Å². The van der Waals surface area contributed by atoms with E-state index in [1.54, 1.807) is 10.9 Å². The van der Waals surface area contributed by atoms with Gasteiger partial charge >= 0.3 is 0 Å². The van der Waals surface area contributed by atoms with Gasteiger partial charge in [0.2, 0.25) is 0 Å². The molecule has 6 nitrogen and oxygen atoms in total. The van der Waals surface area contributed by atoms with Crippen molar-refractivity contribution >= 4 is 11.0 Å². The quantitative estimate of drug-likeness (QED) is 0.674. The fraction of sp³-hybridized carbons (Fsp3) is 0.316. The Morgan fingerprint density at radius 1 is 1.04 bits per heavy atom. The van der Waals surface area contributed by atoms with Crippen molar-refractivity contribution in [3.05, 3.63) is 54.4 Å². The summed E-state index contributed by atoms with van der Waals surface area (Å²) in [5.74, 6) is 0. The van der Waals surface area contributed by atoms with Crippen LogP contribution in [0.15, 0.2) is 48.8 Å². The van der Waals surface area contributed by atoms with E-state index >= 15 is 0 Å². The summed E-state index contributed by atoms with van der Waals surface area (Å²) < 4.78 is 7.28. The predicted molar refractivity (Wildman–Crippen MR) is 92.9 cm³/mol. The molecule has 1 aliphatic heterocycles. The van der Waals surface area contributed by atoms with Crippen molar-refractivity contribution in [2.45, 2.75) is 31.5 Å². The maximum atomic E-state index is 10.2. The van der Waals surface area contributed by atoms with E-state index in [4.69, 9.17) is 4.74 Å². The number of aliphatic hydroxyl groups excluding tert-OH is 3. The maximum Gasteiger partial charge on any atom is 0.164 e. The molecule has 1 aromatic heterocycles. The summed E-state index contributed by atoms with van der Waals surface area (Å²) in [4.78, 5) is 4.41. The van der Waals surface area contributed by atoms with Gasteiger partial charge in [0.1, 0.15) is 18.3 Å². The standard InChI is InChI=1S/C19H20N2O4/c1-11-2-4-12(5-3-11)13-6-7-15-14(8-13)20-10-21(15)19-18(24)17(23)16(9-22)25-19/h2-8,10,16-19,22-24H,9H2,1H3/t16-,17-,18-,19-/m1/s1. The zero-order valence-electron chi connectivity index (χ0n) is 13.8. The third kappa shape index (κ3) is 2.73. The first-order valence-corrected chi connectivity index (χ1v) is 8.24. The zero-order chi connectivity index (χ0) is 17.6. The van der Waals surface area contributed by atoms with Crippen molar-refractivity contribution in [2.24, 2.45) is 0 Å². The molecule has 0 spiro atoms. The molecule has 1 saturated heterocycles. The summed E-state index contributed by atoms with van der Waals surface area (Å²) >= 11 is 0. The van der Waals surface area contributed by atoms with Crippen LogP contribution in [0.3, 0.4) is 0 Å². The Labute approximate surface area is 144 Å². The molecule has 2 aromatic carbocycles. The molecule has 3 aromatic rings. The molecule has 0 radical (unpaired) electrons. The van der Waals surface area contributed by atoms with E-state index in [0.717, 1.165) is 22.2 Å². The summed E-state index contributed by atoms with van der Waals surface area (Å²) in [7, 11) is 0. The predicted octanol–water partition coefficient (Wildman–Crippen LogP) is 1.62. The van der Waals surface area contributed by atoms with Crippen molar-refractivity contribution in [3.8, 4) is 11.1 Å². The molecule has 1 aliphatic rings. The average Bonchev–Trinajstić information content (AvgIpc) is 3.17. The van der Waals surface area contributed by atoms with Gasteiger partial charge in [-0.2, -0.15) is 0 Å². The lowest BCUT2D eigenvalue weighted by atomic mass is 10.0. The lowest BCUT2D eigenvalue weighted by Gasteiger charge is -2.17. The van der Waals surface area contributed by atoms with E-state index in [0.29, 0.717) is 0 Å². The number of aromatic nitrogens is 2. The summed E-state index contributed by atoms with van der Waals surface area (Å²) in [6, 6.07) is 14.2. The molecular weight excluding hydrogens is 320 g/mol. The summed E-state index contributed by atoms with van der Waals surface area (Å²) in [5.41, 5.74) is 4.94. The lowest BCUT2D eigenvalue weighted by molar-refractivity contribution is -0.0508. The van der Waals surface area contributed by atoms with Crippen LogP contribution in [0.2, 0.25) is 0 Å². The molecule has 0 unspecified atom stereocenters. The second-order valence-electron chi connectivity index (χ2n) is 6.45. The van der Waals surface area contributed by atoms with E-state index < -0.39 is 24.5 Å². The van der Waals surface area contributed by atoms with E-state index in [-0.39, 0.29) is 6.61 Å². The lowest BCUT2D eigenvalue weighted by Crippen LogP contribution is -2.33. The molecule has 130 valence electrons. The first kappa shape index (κ1) is 16.2. The van der Waals surface area contributed by atoms with Gasteiger partial charge in [-0.05, 0) is 30.2 Å². The smallest absolute Gasteiger partial charge is 0.164 e. The Morgan fingerprint density at radius 2 is 1.76 bits per heavy atom. The minimum absolute atomic E-state index is 0.348. The molecule has 0 bridgehead atoms. The number of ether oxygens (including phenoxy) is 1. The molecule has 0 amide bonds. The van der Waals surface area contributed by atoms with Crippen LogP contribution in [0, 0.1) is 6.92 Å². The molecule has 3 N–H and O–H groups in total. The van der Waals surface area contributed by atoms with Gasteiger partial charge in [-0.1, -0.05) is 35.9 Å². The van der Waals surface area contributed by atoms with Crippen LogP contribution in [0.5, 0.6) is 0 Å². The normalized spacial score (nSPS) is 26.4. The number of benzene rings is 2. The van der Waals surface area contributed by atoms with Gasteiger partial charge < -0.3 is 24.6 Å². The minimum Gasteiger partial charge on any atom is -0.394 e. The van der Waals surface area contributed by atoms with Crippen molar-refractivity contribution in [2.75, 3.05) is 6.61 Å². The molecule has 6 heteroatoms. The number of hydrogen-bond donors (Lipinski definition) is 3. The maximum absolute atomic E-state index is 10.2. The Kier molecular flexibility index (Phi) is 4.05. The minimum atomic E-state index is -1.13. The van der Waals surface area contributed by atoms with Gasteiger partial charge in [-0.15, -0.1) is 0 Å². The fourth-order valence-corrected chi connectivity index (χ4v) is 3.27. The Balaban J connectivity index is 1.70. The number of aryl methyl sites for hydroxylation is 1. The van der Waals surface area contributed by atoms with Crippen molar-refractivity contribution < 1.29 is 20.1 Å². The van der Waals surface area contributed by atoms with Crippen LogP contribution in [-0.4, -0.2) is 49.8 Å². The second-order valence-corrected chi connectivity index (χ2v) is 6.45. The van der Waals surface area contributed by atoms with Gasteiger partial charge in [0.05, 0.1) is 24.0 Å². The first-order valence-electron chi connectivity index (χ1n) is 8.24. The number of nitrogens with zero attached hydrogens (tertiary/aromatic N) is 2. The van der Waals surface area contributed by atoms with Gasteiger partial charge in [-0.25, -0.2) is 4.98 Å². The van der Waals surface area contributed by atoms with Gasteiger partial charge in [0.15, 0.2) is 6.23 Å². The van der Waals surface area contributed by atoms with Crippen molar-refractivity contribution in [3.63, 3.8) is 0 Å². The molecule has 4 rings (SSSR count). The number of fused-ring (bicyclic) bond motifs is 1. The molecule has 4 atom stereocenters. The highest BCUT2D eigenvalue weighted by Gasteiger charge is 2.43. The molecule has 25 heavy (non-hydrogen) atoms. The Hall–Kier alpha value is -2.25. The van der Waals surface area contributed by atoms with Crippen LogP contribution in [0.25, 0.3) is 22.2 Å². The van der Waals surface area contributed by atoms with E-state index in [9.17, 15) is 15.3 Å². The second kappa shape index (κ2) is 6.24. The highest BCUT2D eigenvalue weighted by atomic mass is 16.6. The van der Waals surface area contributed by atoms with Crippen LogP contribution >= 0.6 is 0 Å².